The van der Waals surface area contributed by atoms with E-state index in [1.165, 1.54) is 0 Å². The molecular weight excluding hydrogens is 314 g/mol. The Hall–Kier alpha value is -0.900. The van der Waals surface area contributed by atoms with Crippen molar-refractivity contribution in [3.63, 3.8) is 0 Å². The van der Waals surface area contributed by atoms with Gasteiger partial charge in [-0.1, -0.05) is 28.1 Å². The van der Waals surface area contributed by atoms with Gasteiger partial charge in [-0.2, -0.15) is 0 Å². The second-order valence-electron chi connectivity index (χ2n) is 4.94. The summed E-state index contributed by atoms with van der Waals surface area (Å²) in [6, 6.07) is 5.77. The fourth-order valence-electron chi connectivity index (χ4n) is 2.33. The average molecular weight is 331 g/mol. The van der Waals surface area contributed by atoms with Gasteiger partial charge in [-0.15, -0.1) is 0 Å². The molecule has 0 saturated heterocycles. The molecule has 2 rings (SSSR count). The summed E-state index contributed by atoms with van der Waals surface area (Å²) in [7, 11) is 1.63. The van der Waals surface area contributed by atoms with Crippen LogP contribution in [0.4, 0.5) is 8.78 Å². The van der Waals surface area contributed by atoms with Gasteiger partial charge in [0, 0.05) is 22.9 Å². The zero-order valence-corrected chi connectivity index (χ0v) is 12.4. The van der Waals surface area contributed by atoms with Crippen molar-refractivity contribution < 1.29 is 13.5 Å². The summed E-state index contributed by atoms with van der Waals surface area (Å²) in [5.41, 5.74) is 0.967. The first kappa shape index (κ1) is 14.5. The van der Waals surface area contributed by atoms with Crippen LogP contribution in [0.15, 0.2) is 28.7 Å². The highest BCUT2D eigenvalue weighted by atomic mass is 79.9. The third-order valence-electron chi connectivity index (χ3n) is 3.50. The van der Waals surface area contributed by atoms with Crippen molar-refractivity contribution in [3.8, 4) is 5.75 Å². The predicted octanol–water partition coefficient (Wildman–Crippen LogP) is 5.30. The average Bonchev–Trinajstić information content (AvgIpc) is 2.38. The summed E-state index contributed by atoms with van der Waals surface area (Å²) in [6.45, 7) is 0. The van der Waals surface area contributed by atoms with Gasteiger partial charge in [0.2, 0.25) is 5.92 Å². The van der Waals surface area contributed by atoms with Gasteiger partial charge in [-0.25, -0.2) is 8.78 Å². The molecule has 1 aliphatic carbocycles. The summed E-state index contributed by atoms with van der Waals surface area (Å²) < 4.78 is 32.4. The lowest BCUT2D eigenvalue weighted by atomic mass is 9.86. The fourth-order valence-corrected chi connectivity index (χ4v) is 2.71. The van der Waals surface area contributed by atoms with Crippen molar-refractivity contribution >= 4 is 22.0 Å². The van der Waals surface area contributed by atoms with Gasteiger partial charge in [0.25, 0.3) is 0 Å². The molecule has 0 aliphatic heterocycles. The lowest BCUT2D eigenvalue weighted by Gasteiger charge is -2.26. The molecule has 0 bridgehead atoms. The highest BCUT2D eigenvalue weighted by Crippen LogP contribution is 2.37. The summed E-state index contributed by atoms with van der Waals surface area (Å²) in [5, 5.41) is 0. The van der Waals surface area contributed by atoms with Crippen molar-refractivity contribution in [2.45, 2.75) is 31.6 Å². The Kier molecular flexibility index (Phi) is 4.61. The predicted molar refractivity (Wildman–Crippen MR) is 76.6 cm³/mol. The topological polar surface area (TPSA) is 9.23 Å². The molecule has 0 N–H and O–H groups in total. The molecule has 4 heteroatoms. The van der Waals surface area contributed by atoms with Crippen LogP contribution in [0.25, 0.3) is 6.08 Å². The molecule has 1 nitrogen and oxygen atoms in total. The number of halogens is 3. The van der Waals surface area contributed by atoms with Gasteiger partial charge in [-0.05, 0) is 37.0 Å². The van der Waals surface area contributed by atoms with Gasteiger partial charge >= 0.3 is 0 Å². The van der Waals surface area contributed by atoms with Crippen LogP contribution in [0.5, 0.6) is 5.75 Å². The van der Waals surface area contributed by atoms with E-state index < -0.39 is 5.92 Å². The number of alkyl halides is 2. The molecule has 19 heavy (non-hydrogen) atoms. The van der Waals surface area contributed by atoms with E-state index in [1.807, 2.05) is 30.4 Å². The van der Waals surface area contributed by atoms with E-state index in [0.29, 0.717) is 12.8 Å². The van der Waals surface area contributed by atoms with Gasteiger partial charge in [0.1, 0.15) is 5.75 Å². The zero-order valence-electron chi connectivity index (χ0n) is 10.8. The molecule has 0 unspecified atom stereocenters. The number of ether oxygens (including phenoxy) is 1. The largest absolute Gasteiger partial charge is 0.496 e. The second kappa shape index (κ2) is 6.04. The lowest BCUT2D eigenvalue weighted by molar-refractivity contribution is -0.0410. The molecule has 1 aromatic rings. The first-order valence-corrected chi connectivity index (χ1v) is 7.19. The van der Waals surface area contributed by atoms with Crippen molar-refractivity contribution in [3.05, 3.63) is 34.3 Å². The number of methoxy groups -OCH3 is 1. The third kappa shape index (κ3) is 4.03. The molecule has 1 aliphatic rings. The molecule has 0 heterocycles. The molecule has 1 aromatic carbocycles. The van der Waals surface area contributed by atoms with E-state index in [-0.39, 0.29) is 18.8 Å². The van der Waals surface area contributed by atoms with Crippen LogP contribution in [0.3, 0.4) is 0 Å². The summed E-state index contributed by atoms with van der Waals surface area (Å²) in [5.74, 6) is -1.43. The van der Waals surface area contributed by atoms with Crippen molar-refractivity contribution in [1.29, 1.82) is 0 Å². The quantitative estimate of drug-likeness (QED) is 0.731. The number of hydrogen-bond acceptors (Lipinski definition) is 1. The highest BCUT2D eigenvalue weighted by Gasteiger charge is 2.33. The Morgan fingerprint density at radius 2 is 2.00 bits per heavy atom. The van der Waals surface area contributed by atoms with E-state index in [0.717, 1.165) is 15.8 Å². The molecule has 1 fully saturated rings. The summed E-state index contributed by atoms with van der Waals surface area (Å²) in [6.07, 6.45) is 5.10. The van der Waals surface area contributed by atoms with Crippen LogP contribution in [-0.2, 0) is 0 Å². The summed E-state index contributed by atoms with van der Waals surface area (Å²) >= 11 is 3.42. The standard InChI is InChI=1S/C15H17BrF2O/c1-19-14-5-4-13(16)10-12(14)3-2-11-6-8-15(17,18)9-7-11/h2-5,10-11H,6-9H2,1H3/b3-2+. The maximum absolute atomic E-state index is 13.1. The second-order valence-corrected chi connectivity index (χ2v) is 5.85. The van der Waals surface area contributed by atoms with Gasteiger partial charge in [0.15, 0.2) is 0 Å². The van der Waals surface area contributed by atoms with Gasteiger partial charge in [0.05, 0.1) is 7.11 Å². The van der Waals surface area contributed by atoms with Gasteiger partial charge in [-0.3, -0.25) is 0 Å². The van der Waals surface area contributed by atoms with Crippen LogP contribution in [0.2, 0.25) is 0 Å². The van der Waals surface area contributed by atoms with E-state index in [1.54, 1.807) is 7.11 Å². The van der Waals surface area contributed by atoms with E-state index >= 15 is 0 Å². The van der Waals surface area contributed by atoms with E-state index in [9.17, 15) is 8.78 Å². The Morgan fingerprint density at radius 3 is 2.63 bits per heavy atom. The first-order chi connectivity index (χ1) is 9.00. The molecule has 0 spiro atoms. The molecule has 0 aromatic heterocycles. The minimum atomic E-state index is -2.46. The molecule has 104 valence electrons. The van der Waals surface area contributed by atoms with Crippen molar-refractivity contribution in [1.82, 2.24) is 0 Å². The van der Waals surface area contributed by atoms with Crippen LogP contribution >= 0.6 is 15.9 Å². The Balaban J connectivity index is 2.05. The number of benzene rings is 1. The number of allylic oxidation sites excluding steroid dienone is 1. The van der Waals surface area contributed by atoms with Crippen LogP contribution in [0.1, 0.15) is 31.2 Å². The zero-order chi connectivity index (χ0) is 13.9. The van der Waals surface area contributed by atoms with Crippen molar-refractivity contribution in [2.75, 3.05) is 7.11 Å². The maximum Gasteiger partial charge on any atom is 0.248 e. The Morgan fingerprint density at radius 1 is 1.32 bits per heavy atom. The molecule has 0 radical (unpaired) electrons. The van der Waals surface area contributed by atoms with Crippen LogP contribution in [-0.4, -0.2) is 13.0 Å². The monoisotopic (exact) mass is 330 g/mol. The minimum absolute atomic E-state index is 0.00236. The molecular formula is C15H17BrF2O. The number of rotatable bonds is 3. The fraction of sp³-hybridized carbons (Fsp3) is 0.467. The van der Waals surface area contributed by atoms with Crippen LogP contribution < -0.4 is 4.74 Å². The lowest BCUT2D eigenvalue weighted by Crippen LogP contribution is -2.23. The highest BCUT2D eigenvalue weighted by molar-refractivity contribution is 9.10. The Bertz CT molecular complexity index is 461. The maximum atomic E-state index is 13.1. The van der Waals surface area contributed by atoms with Crippen molar-refractivity contribution in [2.24, 2.45) is 5.92 Å². The van der Waals surface area contributed by atoms with E-state index in [4.69, 9.17) is 4.74 Å². The number of hydrogen-bond donors (Lipinski definition) is 0. The van der Waals surface area contributed by atoms with Crippen LogP contribution in [0, 0.1) is 5.92 Å². The SMILES string of the molecule is COc1ccc(Br)cc1/C=C/C1CCC(F)(F)CC1. The van der Waals surface area contributed by atoms with Gasteiger partial charge < -0.3 is 4.74 Å². The van der Waals surface area contributed by atoms with E-state index in [2.05, 4.69) is 15.9 Å². The smallest absolute Gasteiger partial charge is 0.248 e. The molecule has 0 atom stereocenters. The summed E-state index contributed by atoms with van der Waals surface area (Å²) in [4.78, 5) is 0. The normalized spacial score (nSPS) is 19.8. The molecule has 1 saturated carbocycles. The third-order valence-corrected chi connectivity index (χ3v) is 3.99. The first-order valence-electron chi connectivity index (χ1n) is 6.40. The minimum Gasteiger partial charge on any atom is -0.496 e. The Labute approximate surface area is 120 Å². The molecule has 0 amide bonds.